The quantitative estimate of drug-likeness (QED) is 0.568. The van der Waals surface area contributed by atoms with Gasteiger partial charge in [-0.05, 0) is 13.0 Å². The predicted octanol–water partition coefficient (Wildman–Crippen LogP) is 2.02. The third-order valence-electron chi connectivity index (χ3n) is 2.74. The lowest BCUT2D eigenvalue weighted by Gasteiger charge is -2.09. The van der Waals surface area contributed by atoms with Crippen LogP contribution in [0.3, 0.4) is 0 Å². The Bertz CT molecular complexity index is 442. The van der Waals surface area contributed by atoms with Crippen LogP contribution in [0.5, 0.6) is 0 Å². The van der Waals surface area contributed by atoms with Gasteiger partial charge in [-0.25, -0.2) is 4.39 Å². The van der Waals surface area contributed by atoms with Crippen LogP contribution in [0.25, 0.3) is 0 Å². The number of halogens is 1. The van der Waals surface area contributed by atoms with Crippen molar-refractivity contribution in [2.45, 2.75) is 19.4 Å². The van der Waals surface area contributed by atoms with Crippen molar-refractivity contribution in [2.24, 2.45) is 5.92 Å². The molecule has 4 heteroatoms. The lowest BCUT2D eigenvalue weighted by molar-refractivity contribution is -0.146. The molecule has 16 heavy (non-hydrogen) atoms. The maximum atomic E-state index is 13.4. The Hall–Kier alpha value is -1.71. The van der Waals surface area contributed by atoms with Gasteiger partial charge in [0.1, 0.15) is 23.6 Å². The number of carbonyl (C=O) groups excluding carboxylic acids is 2. The zero-order valence-electron chi connectivity index (χ0n) is 8.77. The van der Waals surface area contributed by atoms with Crippen molar-refractivity contribution in [3.63, 3.8) is 0 Å². The molecule has 1 aromatic carbocycles. The maximum absolute atomic E-state index is 13.4. The van der Waals surface area contributed by atoms with Crippen LogP contribution in [0.4, 0.5) is 4.39 Å². The normalized spacial score (nSPS) is 24.2. The minimum Gasteiger partial charge on any atom is -0.457 e. The van der Waals surface area contributed by atoms with Gasteiger partial charge >= 0.3 is 5.97 Å². The van der Waals surface area contributed by atoms with Crippen LogP contribution in [-0.4, -0.2) is 11.8 Å². The van der Waals surface area contributed by atoms with Gasteiger partial charge < -0.3 is 4.74 Å². The van der Waals surface area contributed by atoms with Crippen LogP contribution in [0.15, 0.2) is 24.3 Å². The largest absolute Gasteiger partial charge is 0.457 e. The summed E-state index contributed by atoms with van der Waals surface area (Å²) in [4.78, 5) is 22.5. The van der Waals surface area contributed by atoms with Crippen LogP contribution in [0, 0.1) is 11.7 Å². The van der Waals surface area contributed by atoms with Crippen molar-refractivity contribution in [1.82, 2.24) is 0 Å². The van der Waals surface area contributed by atoms with Gasteiger partial charge in [-0.2, -0.15) is 0 Å². The molecule has 2 rings (SSSR count). The molecule has 0 amide bonds. The second-order valence-corrected chi connectivity index (χ2v) is 3.85. The molecule has 0 unspecified atom stereocenters. The first kappa shape index (κ1) is 10.8. The SMILES string of the molecule is CC(=O)[C@H]1C[C@@H](c2ccccc2F)OC1=O. The number of cyclic esters (lactones) is 1. The molecule has 0 aliphatic carbocycles. The lowest BCUT2D eigenvalue weighted by Crippen LogP contribution is -2.15. The van der Waals surface area contributed by atoms with Gasteiger partial charge in [0.2, 0.25) is 0 Å². The molecule has 3 nitrogen and oxygen atoms in total. The first-order valence-electron chi connectivity index (χ1n) is 5.05. The van der Waals surface area contributed by atoms with E-state index in [1.807, 2.05) is 0 Å². The lowest BCUT2D eigenvalue weighted by atomic mass is 9.97. The van der Waals surface area contributed by atoms with Crippen molar-refractivity contribution in [3.05, 3.63) is 35.6 Å². The van der Waals surface area contributed by atoms with E-state index >= 15 is 0 Å². The zero-order chi connectivity index (χ0) is 11.7. The standard InChI is InChI=1S/C12H11FO3/c1-7(14)9-6-11(16-12(9)15)8-4-2-3-5-10(8)13/h2-5,9,11H,6H2,1H3/t9-,11+/m1/s1. The monoisotopic (exact) mass is 222 g/mol. The van der Waals surface area contributed by atoms with Crippen molar-refractivity contribution in [3.8, 4) is 0 Å². The van der Waals surface area contributed by atoms with Crippen LogP contribution in [-0.2, 0) is 14.3 Å². The Balaban J connectivity index is 2.24. The van der Waals surface area contributed by atoms with E-state index < -0.39 is 23.8 Å². The molecule has 0 aromatic heterocycles. The predicted molar refractivity (Wildman–Crippen MR) is 54.0 cm³/mol. The summed E-state index contributed by atoms with van der Waals surface area (Å²) in [6, 6.07) is 6.12. The Kier molecular flexibility index (Phi) is 2.73. The van der Waals surface area contributed by atoms with Crippen LogP contribution in [0.1, 0.15) is 25.0 Å². The highest BCUT2D eigenvalue weighted by Gasteiger charge is 2.39. The topological polar surface area (TPSA) is 43.4 Å². The number of ether oxygens (including phenoxy) is 1. The maximum Gasteiger partial charge on any atom is 0.317 e. The fourth-order valence-corrected chi connectivity index (χ4v) is 1.84. The van der Waals surface area contributed by atoms with E-state index in [-0.39, 0.29) is 12.2 Å². The van der Waals surface area contributed by atoms with Gasteiger partial charge in [-0.15, -0.1) is 0 Å². The fourth-order valence-electron chi connectivity index (χ4n) is 1.84. The zero-order valence-corrected chi connectivity index (χ0v) is 8.77. The summed E-state index contributed by atoms with van der Waals surface area (Å²) in [6.07, 6.45) is -0.405. The van der Waals surface area contributed by atoms with E-state index in [9.17, 15) is 14.0 Å². The summed E-state index contributed by atoms with van der Waals surface area (Å²) < 4.78 is 18.4. The molecule has 2 atom stereocenters. The Morgan fingerprint density at radius 2 is 2.12 bits per heavy atom. The molecule has 0 spiro atoms. The van der Waals surface area contributed by atoms with E-state index in [0.29, 0.717) is 5.56 Å². The average Bonchev–Trinajstić information content (AvgIpc) is 2.61. The number of Topliss-reactive ketones (excluding diaryl/α,β-unsaturated/α-hetero) is 1. The fraction of sp³-hybridized carbons (Fsp3) is 0.333. The third-order valence-corrected chi connectivity index (χ3v) is 2.74. The molecule has 1 aliphatic rings. The second kappa shape index (κ2) is 4.04. The molecule has 0 bridgehead atoms. The minimum absolute atomic E-state index is 0.231. The average molecular weight is 222 g/mol. The van der Waals surface area contributed by atoms with Crippen LogP contribution >= 0.6 is 0 Å². The second-order valence-electron chi connectivity index (χ2n) is 3.85. The van der Waals surface area contributed by atoms with E-state index in [0.717, 1.165) is 0 Å². The number of rotatable bonds is 2. The van der Waals surface area contributed by atoms with Crippen LogP contribution < -0.4 is 0 Å². The van der Waals surface area contributed by atoms with Crippen molar-refractivity contribution in [1.29, 1.82) is 0 Å². The molecule has 1 heterocycles. The van der Waals surface area contributed by atoms with E-state index in [1.54, 1.807) is 18.2 Å². The van der Waals surface area contributed by atoms with Gasteiger partial charge in [-0.3, -0.25) is 9.59 Å². The molecule has 0 saturated carbocycles. The van der Waals surface area contributed by atoms with Gasteiger partial charge in [0.15, 0.2) is 0 Å². The summed E-state index contributed by atoms with van der Waals surface area (Å²) in [5, 5.41) is 0. The van der Waals surface area contributed by atoms with E-state index in [1.165, 1.54) is 13.0 Å². The number of benzene rings is 1. The molecular weight excluding hydrogens is 211 g/mol. The number of hydrogen-bond acceptors (Lipinski definition) is 3. The molecule has 84 valence electrons. The molecule has 0 radical (unpaired) electrons. The summed E-state index contributed by atoms with van der Waals surface area (Å²) >= 11 is 0. The van der Waals surface area contributed by atoms with Crippen molar-refractivity contribution < 1.29 is 18.7 Å². The number of ketones is 1. The number of hydrogen-bond donors (Lipinski definition) is 0. The molecule has 1 fully saturated rings. The first-order chi connectivity index (χ1) is 7.59. The van der Waals surface area contributed by atoms with Crippen molar-refractivity contribution >= 4 is 11.8 Å². The summed E-state index contributed by atoms with van der Waals surface area (Å²) in [7, 11) is 0. The summed E-state index contributed by atoms with van der Waals surface area (Å²) in [5.74, 6) is -1.95. The Labute approximate surface area is 92.2 Å². The highest BCUT2D eigenvalue weighted by atomic mass is 19.1. The minimum atomic E-state index is -0.746. The van der Waals surface area contributed by atoms with Gasteiger partial charge in [0.05, 0.1) is 0 Å². The summed E-state index contributed by atoms with van der Waals surface area (Å²) in [5.41, 5.74) is 0.333. The molecular formula is C12H11FO3. The highest BCUT2D eigenvalue weighted by molar-refractivity contribution is 5.98. The molecule has 1 saturated heterocycles. The van der Waals surface area contributed by atoms with Crippen LogP contribution in [0.2, 0.25) is 0 Å². The summed E-state index contributed by atoms with van der Waals surface area (Å²) in [6.45, 7) is 1.34. The molecule has 1 aromatic rings. The van der Waals surface area contributed by atoms with Gasteiger partial charge in [0.25, 0.3) is 0 Å². The highest BCUT2D eigenvalue weighted by Crippen LogP contribution is 2.34. The smallest absolute Gasteiger partial charge is 0.317 e. The van der Waals surface area contributed by atoms with E-state index in [2.05, 4.69) is 0 Å². The molecule has 1 aliphatic heterocycles. The Morgan fingerprint density at radius 3 is 2.69 bits per heavy atom. The molecule has 0 N–H and O–H groups in total. The van der Waals surface area contributed by atoms with Crippen molar-refractivity contribution in [2.75, 3.05) is 0 Å². The van der Waals surface area contributed by atoms with Gasteiger partial charge in [-0.1, -0.05) is 18.2 Å². The van der Waals surface area contributed by atoms with Gasteiger partial charge in [0, 0.05) is 12.0 Å². The number of carbonyl (C=O) groups is 2. The van der Waals surface area contributed by atoms with E-state index in [4.69, 9.17) is 4.74 Å². The first-order valence-corrected chi connectivity index (χ1v) is 5.05. The number of esters is 1. The Morgan fingerprint density at radius 1 is 1.44 bits per heavy atom. The third kappa shape index (κ3) is 1.83.